The first-order valence-electron chi connectivity index (χ1n) is 9.09. The number of hydrogen-bond acceptors (Lipinski definition) is 5. The molecular weight excluding hydrogens is 358 g/mol. The lowest BCUT2D eigenvalue weighted by atomic mass is 10.0. The van der Waals surface area contributed by atoms with Crippen molar-refractivity contribution in [3.05, 3.63) is 50.2 Å². The van der Waals surface area contributed by atoms with E-state index in [9.17, 15) is 19.6 Å². The van der Waals surface area contributed by atoms with Crippen LogP contribution in [0.1, 0.15) is 54.5 Å². The van der Waals surface area contributed by atoms with Gasteiger partial charge in [0, 0.05) is 16.8 Å². The molecule has 0 unspecified atom stereocenters. The summed E-state index contributed by atoms with van der Waals surface area (Å²) in [7, 11) is 0. The largest absolute Gasteiger partial charge is 0.462 e. The van der Waals surface area contributed by atoms with Crippen molar-refractivity contribution in [2.24, 2.45) is 0 Å². The van der Waals surface area contributed by atoms with Crippen molar-refractivity contribution in [2.45, 2.75) is 41.0 Å². The summed E-state index contributed by atoms with van der Waals surface area (Å²) in [4.78, 5) is 37.7. The fraction of sp³-hybridized carbons (Fsp3) is 0.333. The van der Waals surface area contributed by atoms with E-state index in [4.69, 9.17) is 4.74 Å². The molecule has 1 aliphatic heterocycles. The van der Waals surface area contributed by atoms with Crippen LogP contribution >= 0.6 is 0 Å². The fourth-order valence-electron chi connectivity index (χ4n) is 3.75. The number of ether oxygens (including phenoxy) is 1. The van der Waals surface area contributed by atoms with Crippen molar-refractivity contribution in [2.75, 3.05) is 6.61 Å². The molecule has 28 heavy (non-hydrogen) atoms. The molecule has 0 bridgehead atoms. The lowest BCUT2D eigenvalue weighted by Crippen LogP contribution is -2.31. The molecule has 0 amide bonds. The van der Waals surface area contributed by atoms with Crippen LogP contribution in [0.2, 0.25) is 0 Å². The van der Waals surface area contributed by atoms with Crippen LogP contribution < -0.4 is 5.69 Å². The Morgan fingerprint density at radius 1 is 1.25 bits per heavy atom. The Morgan fingerprint density at radius 2 is 1.93 bits per heavy atom. The normalized spacial score (nSPS) is 13.9. The molecule has 3 rings (SSSR count). The fourth-order valence-corrected chi connectivity index (χ4v) is 3.75. The van der Waals surface area contributed by atoms with Gasteiger partial charge >= 0.3 is 11.7 Å². The second kappa shape index (κ2) is 6.97. The van der Waals surface area contributed by atoms with E-state index in [0.29, 0.717) is 34.5 Å². The summed E-state index contributed by atoms with van der Waals surface area (Å²) in [5.74, 6) is -1.02. The molecule has 7 nitrogen and oxygen atoms in total. The van der Waals surface area contributed by atoms with Gasteiger partial charge in [0.05, 0.1) is 17.8 Å². The molecule has 0 aromatic carbocycles. The van der Waals surface area contributed by atoms with Crippen LogP contribution in [0.4, 0.5) is 0 Å². The third-order valence-corrected chi connectivity index (χ3v) is 5.20. The third-order valence-electron chi connectivity index (χ3n) is 5.20. The standard InChI is InChI=1S/C21H21N3O4/c1-6-15-12(4)19(25)24-18(15)9-17-11(3)16(13(5)23(17)21(24)27)8-14(10-22)20(26)28-7-2/h8-9H,6-7H2,1-5H3/b14-8+. The van der Waals surface area contributed by atoms with Crippen LogP contribution in [0, 0.1) is 25.2 Å². The van der Waals surface area contributed by atoms with Gasteiger partial charge in [-0.3, -0.25) is 9.20 Å². The van der Waals surface area contributed by atoms with Crippen LogP contribution in [0.5, 0.6) is 0 Å². The van der Waals surface area contributed by atoms with Gasteiger partial charge in [-0.05, 0) is 57.4 Å². The molecular formula is C21H21N3O4. The molecule has 0 radical (unpaired) electrons. The van der Waals surface area contributed by atoms with Crippen LogP contribution in [-0.2, 0) is 9.53 Å². The van der Waals surface area contributed by atoms with E-state index in [0.717, 1.165) is 11.1 Å². The number of rotatable bonds is 4. The van der Waals surface area contributed by atoms with Gasteiger partial charge in [0.1, 0.15) is 11.6 Å². The Balaban J connectivity index is 2.33. The molecule has 2 aromatic rings. The van der Waals surface area contributed by atoms with Gasteiger partial charge in [0.25, 0.3) is 5.91 Å². The quantitative estimate of drug-likeness (QED) is 0.462. The number of fused-ring (bicyclic) bond motifs is 2. The molecule has 0 saturated heterocycles. The van der Waals surface area contributed by atoms with Gasteiger partial charge in [-0.15, -0.1) is 0 Å². The molecule has 0 aliphatic carbocycles. The monoisotopic (exact) mass is 379 g/mol. The molecule has 0 N–H and O–H groups in total. The summed E-state index contributed by atoms with van der Waals surface area (Å²) in [6.45, 7) is 9.05. The first-order valence-corrected chi connectivity index (χ1v) is 9.09. The highest BCUT2D eigenvalue weighted by atomic mass is 16.5. The minimum Gasteiger partial charge on any atom is -0.462 e. The maximum absolute atomic E-state index is 13.1. The lowest BCUT2D eigenvalue weighted by Gasteiger charge is -2.07. The number of esters is 1. The highest BCUT2D eigenvalue weighted by Gasteiger charge is 2.29. The molecule has 7 heteroatoms. The Morgan fingerprint density at radius 3 is 2.50 bits per heavy atom. The number of nitrogens with zero attached hydrogens (tertiary/aromatic N) is 3. The molecule has 0 fully saturated rings. The highest BCUT2D eigenvalue weighted by Crippen LogP contribution is 2.32. The molecule has 0 atom stereocenters. The van der Waals surface area contributed by atoms with E-state index in [-0.39, 0.29) is 18.1 Å². The Bertz CT molecular complexity index is 1200. The van der Waals surface area contributed by atoms with E-state index < -0.39 is 11.7 Å². The zero-order valence-corrected chi connectivity index (χ0v) is 16.5. The van der Waals surface area contributed by atoms with Gasteiger partial charge in [0.15, 0.2) is 0 Å². The molecule has 1 aliphatic rings. The summed E-state index contributed by atoms with van der Waals surface area (Å²) in [6.07, 6.45) is 2.08. The van der Waals surface area contributed by atoms with Gasteiger partial charge < -0.3 is 4.74 Å². The molecule has 144 valence electrons. The van der Waals surface area contributed by atoms with E-state index >= 15 is 0 Å². The number of aromatic nitrogens is 2. The average Bonchev–Trinajstić information content (AvgIpc) is 3.05. The number of allylic oxidation sites excluding steroid dienone is 2. The SMILES string of the molecule is CCOC(=O)/C(C#N)=C/c1c(C)c2cc3n(c(=O)n2c1C)C(=O)C(C)=C3CC. The number of nitriles is 1. The van der Waals surface area contributed by atoms with Crippen molar-refractivity contribution in [3.8, 4) is 6.07 Å². The van der Waals surface area contributed by atoms with Crippen molar-refractivity contribution in [3.63, 3.8) is 0 Å². The zero-order chi connectivity index (χ0) is 20.7. The van der Waals surface area contributed by atoms with Crippen molar-refractivity contribution >= 4 is 29.0 Å². The zero-order valence-electron chi connectivity index (χ0n) is 16.5. The van der Waals surface area contributed by atoms with E-state index in [1.54, 1.807) is 20.8 Å². The summed E-state index contributed by atoms with van der Waals surface area (Å²) < 4.78 is 7.56. The van der Waals surface area contributed by atoms with Gasteiger partial charge in [-0.1, -0.05) is 6.92 Å². The molecule has 2 aromatic heterocycles. The average molecular weight is 379 g/mol. The summed E-state index contributed by atoms with van der Waals surface area (Å²) in [5, 5.41) is 9.32. The van der Waals surface area contributed by atoms with Crippen LogP contribution in [0.3, 0.4) is 0 Å². The van der Waals surface area contributed by atoms with Gasteiger partial charge in [-0.2, -0.15) is 5.26 Å². The van der Waals surface area contributed by atoms with Crippen LogP contribution in [0.25, 0.3) is 17.2 Å². The van der Waals surface area contributed by atoms with Gasteiger partial charge in [-0.25, -0.2) is 14.2 Å². The number of aryl methyl sites for hydroxylation is 2. The van der Waals surface area contributed by atoms with Crippen LogP contribution in [0.15, 0.2) is 22.0 Å². The Hall–Kier alpha value is -3.40. The Labute approximate surface area is 162 Å². The van der Waals surface area contributed by atoms with E-state index in [1.165, 1.54) is 15.0 Å². The third kappa shape index (κ3) is 2.61. The molecule has 0 saturated carbocycles. The van der Waals surface area contributed by atoms with Crippen LogP contribution in [-0.4, -0.2) is 27.5 Å². The molecule has 3 heterocycles. The number of hydrogen-bond donors (Lipinski definition) is 0. The highest BCUT2D eigenvalue weighted by molar-refractivity contribution is 6.08. The summed E-state index contributed by atoms with van der Waals surface area (Å²) in [5.41, 5.74) is 3.99. The lowest BCUT2D eigenvalue weighted by molar-refractivity contribution is -0.137. The summed E-state index contributed by atoms with van der Waals surface area (Å²) in [6, 6.07) is 3.68. The number of carbonyl (C=O) groups excluding carboxylic acids is 2. The second-order valence-corrected chi connectivity index (χ2v) is 6.64. The second-order valence-electron chi connectivity index (χ2n) is 6.64. The van der Waals surface area contributed by atoms with Crippen molar-refractivity contribution in [1.82, 2.24) is 8.97 Å². The first kappa shape index (κ1) is 19.4. The maximum Gasteiger partial charge on any atom is 0.348 e. The van der Waals surface area contributed by atoms with Crippen molar-refractivity contribution < 1.29 is 14.3 Å². The van der Waals surface area contributed by atoms with E-state index in [1.807, 2.05) is 26.0 Å². The smallest absolute Gasteiger partial charge is 0.348 e. The summed E-state index contributed by atoms with van der Waals surface area (Å²) >= 11 is 0. The first-order chi connectivity index (χ1) is 13.3. The predicted molar refractivity (Wildman–Crippen MR) is 105 cm³/mol. The minimum absolute atomic E-state index is 0.141. The predicted octanol–water partition coefficient (Wildman–Crippen LogP) is 3.03. The van der Waals surface area contributed by atoms with E-state index in [2.05, 4.69) is 0 Å². The van der Waals surface area contributed by atoms with Crippen molar-refractivity contribution in [1.29, 1.82) is 5.26 Å². The number of carbonyl (C=O) groups is 2. The Kier molecular flexibility index (Phi) is 4.82. The topological polar surface area (TPSA) is 93.6 Å². The van der Waals surface area contributed by atoms with Gasteiger partial charge in [0.2, 0.25) is 0 Å². The molecule has 0 spiro atoms. The maximum atomic E-state index is 13.1. The minimum atomic E-state index is -0.708.